The van der Waals surface area contributed by atoms with Gasteiger partial charge < -0.3 is 33.8 Å². The van der Waals surface area contributed by atoms with Gasteiger partial charge >= 0.3 is 39.5 Å². The van der Waals surface area contributed by atoms with E-state index in [9.17, 15) is 43.2 Å². The van der Waals surface area contributed by atoms with Crippen molar-refractivity contribution in [3.05, 3.63) is 0 Å². The highest BCUT2D eigenvalue weighted by Crippen LogP contribution is 2.45. The SMILES string of the molecule is CCCCCCCCCCCCCCCCCCCCCC(=O)O[C@H](COC(=O)CCCCCCCCCCCCC(C)C)COP(=O)(O)OC[C@@H](O)COP(=O)(O)OC[C@@H](COC(=O)CCCCCCCCC(C)CC)OC(=O)CCCCCCCCC(C)CC. The van der Waals surface area contributed by atoms with Gasteiger partial charge in [-0.3, -0.25) is 37.3 Å². The first kappa shape index (κ1) is 90.1. The molecule has 4 unspecified atom stereocenters. The van der Waals surface area contributed by atoms with Gasteiger partial charge in [-0.25, -0.2) is 9.13 Å². The summed E-state index contributed by atoms with van der Waals surface area (Å²) in [5, 5.41) is 10.6. The third kappa shape index (κ3) is 64.1. The second-order valence-electron chi connectivity index (χ2n) is 27.3. The average Bonchev–Trinajstić information content (AvgIpc) is 2.58. The van der Waals surface area contributed by atoms with Crippen molar-refractivity contribution >= 4 is 39.5 Å². The lowest BCUT2D eigenvalue weighted by Gasteiger charge is -2.21. The zero-order valence-corrected chi connectivity index (χ0v) is 61.8. The standard InChI is InChI=1S/C73H142O17P2/c1-8-11-12-13-14-15-16-17-18-19-20-21-22-23-24-29-32-42-49-56-72(77)89-68(60-83-70(75)54-47-40-31-28-26-25-27-30-37-44-51-64(4)5)62-87-91(79,80)85-58-67(74)59-86-92(81,82)88-63-69(90-73(78)57-50-43-36-34-39-46-53-66(7)10-3)61-84-71(76)55-48-41-35-33-38-45-52-65(6)9-2/h64-69,74H,8-63H2,1-7H3,(H,79,80)(H,81,82)/t65?,66?,67-,68-,69-/m1/s1. The quantitative estimate of drug-likeness (QED) is 0.0222. The first-order valence-electron chi connectivity index (χ1n) is 37.9. The lowest BCUT2D eigenvalue weighted by Crippen LogP contribution is -2.30. The molecule has 0 aliphatic heterocycles. The molecule has 0 aromatic rings. The molecular formula is C73H142O17P2. The Balaban J connectivity index is 5.22. The van der Waals surface area contributed by atoms with Gasteiger partial charge in [-0.15, -0.1) is 0 Å². The summed E-state index contributed by atoms with van der Waals surface area (Å²) in [6.07, 6.45) is 48.7. The second kappa shape index (κ2) is 63.8. The molecule has 7 atom stereocenters. The Bertz CT molecular complexity index is 1810. The summed E-state index contributed by atoms with van der Waals surface area (Å²) < 4.78 is 68.4. The van der Waals surface area contributed by atoms with Crippen molar-refractivity contribution < 1.29 is 80.2 Å². The van der Waals surface area contributed by atoms with E-state index in [1.165, 1.54) is 173 Å². The van der Waals surface area contributed by atoms with Crippen LogP contribution in [-0.2, 0) is 65.4 Å². The maximum atomic E-state index is 13.1. The lowest BCUT2D eigenvalue weighted by atomic mass is 10.00. The minimum atomic E-state index is -4.96. The summed E-state index contributed by atoms with van der Waals surface area (Å²) in [5.41, 5.74) is 0. The molecule has 0 fully saturated rings. The molecule has 0 radical (unpaired) electrons. The van der Waals surface area contributed by atoms with Gasteiger partial charge in [-0.2, -0.15) is 0 Å². The van der Waals surface area contributed by atoms with E-state index in [0.29, 0.717) is 25.7 Å². The number of aliphatic hydroxyl groups excluding tert-OH is 1. The van der Waals surface area contributed by atoms with Crippen LogP contribution < -0.4 is 0 Å². The van der Waals surface area contributed by atoms with E-state index >= 15 is 0 Å². The van der Waals surface area contributed by atoms with Crippen molar-refractivity contribution in [3.63, 3.8) is 0 Å². The number of rotatable bonds is 71. The number of phosphoric acid groups is 2. The van der Waals surface area contributed by atoms with Crippen molar-refractivity contribution in [1.82, 2.24) is 0 Å². The van der Waals surface area contributed by atoms with E-state index in [1.54, 1.807) is 0 Å². The summed E-state index contributed by atoms with van der Waals surface area (Å²) in [6, 6.07) is 0. The fourth-order valence-electron chi connectivity index (χ4n) is 11.0. The topological polar surface area (TPSA) is 237 Å². The molecule has 0 heterocycles. The predicted octanol–water partition coefficient (Wildman–Crippen LogP) is 21.0. The fourth-order valence-corrected chi connectivity index (χ4v) is 12.6. The van der Waals surface area contributed by atoms with Gasteiger partial charge in [0, 0.05) is 25.7 Å². The molecule has 0 aromatic heterocycles. The van der Waals surface area contributed by atoms with Crippen LogP contribution in [0.1, 0.15) is 370 Å². The second-order valence-corrected chi connectivity index (χ2v) is 30.2. The van der Waals surface area contributed by atoms with Crippen LogP contribution in [0.4, 0.5) is 0 Å². The summed E-state index contributed by atoms with van der Waals surface area (Å²) in [5.74, 6) is 0.0826. The first-order valence-corrected chi connectivity index (χ1v) is 40.9. The third-order valence-corrected chi connectivity index (χ3v) is 19.5. The first-order chi connectivity index (χ1) is 44.3. The number of unbranched alkanes of at least 4 members (excludes halogenated alkanes) is 37. The van der Waals surface area contributed by atoms with E-state index in [1.807, 2.05) is 0 Å². The highest BCUT2D eigenvalue weighted by Gasteiger charge is 2.30. The number of carbonyl (C=O) groups excluding carboxylic acids is 4. The van der Waals surface area contributed by atoms with Crippen LogP contribution in [0.3, 0.4) is 0 Å². The van der Waals surface area contributed by atoms with Crippen LogP contribution >= 0.6 is 15.6 Å². The fraction of sp³-hybridized carbons (Fsp3) is 0.945. The predicted molar refractivity (Wildman–Crippen MR) is 372 cm³/mol. The lowest BCUT2D eigenvalue weighted by molar-refractivity contribution is -0.161. The molecule has 0 aromatic carbocycles. The number of ether oxygens (including phenoxy) is 4. The third-order valence-electron chi connectivity index (χ3n) is 17.6. The zero-order valence-electron chi connectivity index (χ0n) is 60.0. The van der Waals surface area contributed by atoms with Gasteiger partial charge in [0.25, 0.3) is 0 Å². The molecule has 0 aliphatic rings. The van der Waals surface area contributed by atoms with Crippen LogP contribution in [-0.4, -0.2) is 96.7 Å². The highest BCUT2D eigenvalue weighted by molar-refractivity contribution is 7.47. The molecule has 0 saturated heterocycles. The summed E-state index contributed by atoms with van der Waals surface area (Å²) >= 11 is 0. The van der Waals surface area contributed by atoms with Crippen molar-refractivity contribution in [2.45, 2.75) is 388 Å². The molecule has 3 N–H and O–H groups in total. The molecule has 0 saturated carbocycles. The van der Waals surface area contributed by atoms with E-state index < -0.39 is 97.5 Å². The molecule has 17 nitrogen and oxygen atoms in total. The Morgan fingerprint density at radius 2 is 0.554 bits per heavy atom. The highest BCUT2D eigenvalue weighted by atomic mass is 31.2. The van der Waals surface area contributed by atoms with E-state index in [2.05, 4.69) is 48.5 Å². The Kier molecular flexibility index (Phi) is 62.4. The van der Waals surface area contributed by atoms with Gasteiger partial charge in [-0.05, 0) is 43.4 Å². The monoisotopic (exact) mass is 1350 g/mol. The summed E-state index contributed by atoms with van der Waals surface area (Å²) in [6.45, 7) is 11.8. The summed E-state index contributed by atoms with van der Waals surface area (Å²) in [7, 11) is -9.91. The molecular weight excluding hydrogens is 1210 g/mol. The molecule has 0 spiro atoms. The van der Waals surface area contributed by atoms with Crippen molar-refractivity contribution in [3.8, 4) is 0 Å². The number of phosphoric ester groups is 2. The average molecular weight is 1350 g/mol. The van der Waals surface area contributed by atoms with Gasteiger partial charge in [0.15, 0.2) is 12.2 Å². The van der Waals surface area contributed by atoms with Crippen LogP contribution in [0, 0.1) is 17.8 Å². The molecule has 546 valence electrons. The van der Waals surface area contributed by atoms with Crippen molar-refractivity contribution in [1.29, 1.82) is 0 Å². The largest absolute Gasteiger partial charge is 0.472 e. The Hall–Kier alpha value is -1.94. The van der Waals surface area contributed by atoms with Gasteiger partial charge in [0.1, 0.15) is 19.3 Å². The van der Waals surface area contributed by atoms with Crippen molar-refractivity contribution in [2.24, 2.45) is 17.8 Å². The Morgan fingerprint density at radius 3 is 0.826 bits per heavy atom. The molecule has 0 rings (SSSR count). The van der Waals surface area contributed by atoms with E-state index in [-0.39, 0.29) is 25.7 Å². The number of esters is 4. The molecule has 0 bridgehead atoms. The minimum Gasteiger partial charge on any atom is -0.462 e. The number of hydrogen-bond donors (Lipinski definition) is 3. The van der Waals surface area contributed by atoms with Gasteiger partial charge in [0.05, 0.1) is 26.4 Å². The molecule has 92 heavy (non-hydrogen) atoms. The van der Waals surface area contributed by atoms with Crippen LogP contribution in [0.2, 0.25) is 0 Å². The number of carbonyl (C=O) groups is 4. The maximum absolute atomic E-state index is 13.1. The molecule has 0 aliphatic carbocycles. The van der Waals surface area contributed by atoms with Gasteiger partial charge in [0.2, 0.25) is 0 Å². The van der Waals surface area contributed by atoms with Gasteiger partial charge in [-0.1, -0.05) is 318 Å². The van der Waals surface area contributed by atoms with E-state index in [4.69, 9.17) is 37.0 Å². The molecule has 0 amide bonds. The Morgan fingerprint density at radius 1 is 0.315 bits per heavy atom. The van der Waals surface area contributed by atoms with E-state index in [0.717, 1.165) is 114 Å². The van der Waals surface area contributed by atoms with Crippen LogP contribution in [0.15, 0.2) is 0 Å². The van der Waals surface area contributed by atoms with Crippen molar-refractivity contribution in [2.75, 3.05) is 39.6 Å². The minimum absolute atomic E-state index is 0.102. The maximum Gasteiger partial charge on any atom is 0.472 e. The molecule has 19 heteroatoms. The number of aliphatic hydroxyl groups is 1. The normalized spacial score (nSPS) is 14.7. The smallest absolute Gasteiger partial charge is 0.462 e. The Labute approximate surface area is 562 Å². The van der Waals surface area contributed by atoms with Crippen LogP contribution in [0.5, 0.6) is 0 Å². The zero-order chi connectivity index (χ0) is 68.0. The van der Waals surface area contributed by atoms with Crippen LogP contribution in [0.25, 0.3) is 0 Å². The number of hydrogen-bond acceptors (Lipinski definition) is 15. The summed E-state index contributed by atoms with van der Waals surface area (Å²) in [4.78, 5) is 72.6.